The SMILES string of the molecule is OCCCC1CN2CCN1CC2. The molecular formula is C9H18N2O. The summed E-state index contributed by atoms with van der Waals surface area (Å²) in [5, 5.41) is 8.73. The van der Waals surface area contributed by atoms with Crippen molar-refractivity contribution < 1.29 is 5.11 Å². The molecule has 1 atom stereocenters. The zero-order chi connectivity index (χ0) is 8.39. The van der Waals surface area contributed by atoms with Crippen LogP contribution in [0.1, 0.15) is 12.8 Å². The Hall–Kier alpha value is -0.120. The van der Waals surface area contributed by atoms with Gasteiger partial charge in [0.1, 0.15) is 0 Å². The number of aliphatic hydroxyl groups is 1. The molecule has 3 nitrogen and oxygen atoms in total. The maximum atomic E-state index is 8.73. The fraction of sp³-hybridized carbons (Fsp3) is 1.00. The molecule has 3 heterocycles. The summed E-state index contributed by atoms with van der Waals surface area (Å²) < 4.78 is 0. The Bertz CT molecular complexity index is 143. The van der Waals surface area contributed by atoms with E-state index in [-0.39, 0.29) is 0 Å². The molecule has 12 heavy (non-hydrogen) atoms. The van der Waals surface area contributed by atoms with Crippen molar-refractivity contribution in [1.29, 1.82) is 0 Å². The molecule has 3 aliphatic rings. The summed E-state index contributed by atoms with van der Waals surface area (Å²) in [6.07, 6.45) is 2.14. The van der Waals surface area contributed by atoms with Crippen molar-refractivity contribution in [3.63, 3.8) is 0 Å². The smallest absolute Gasteiger partial charge is 0.0431 e. The molecule has 0 aromatic carbocycles. The van der Waals surface area contributed by atoms with Crippen LogP contribution in [0.4, 0.5) is 0 Å². The minimum Gasteiger partial charge on any atom is -0.396 e. The number of rotatable bonds is 3. The summed E-state index contributed by atoms with van der Waals surface area (Å²) in [6, 6.07) is 0.736. The number of hydrogen-bond acceptors (Lipinski definition) is 3. The van der Waals surface area contributed by atoms with Gasteiger partial charge in [-0.3, -0.25) is 9.80 Å². The van der Waals surface area contributed by atoms with E-state index in [4.69, 9.17) is 5.11 Å². The molecule has 2 bridgehead atoms. The summed E-state index contributed by atoms with van der Waals surface area (Å²) in [6.45, 7) is 6.60. The zero-order valence-electron chi connectivity index (χ0n) is 7.58. The van der Waals surface area contributed by atoms with Crippen LogP contribution in [-0.4, -0.2) is 60.3 Å². The van der Waals surface area contributed by atoms with E-state index in [2.05, 4.69) is 9.80 Å². The molecule has 0 amide bonds. The van der Waals surface area contributed by atoms with Crippen LogP contribution in [0.15, 0.2) is 0 Å². The van der Waals surface area contributed by atoms with E-state index in [0.717, 1.165) is 12.5 Å². The summed E-state index contributed by atoms with van der Waals surface area (Å²) in [5.74, 6) is 0. The second-order valence-corrected chi connectivity index (χ2v) is 3.86. The highest BCUT2D eigenvalue weighted by Crippen LogP contribution is 2.18. The van der Waals surface area contributed by atoms with E-state index < -0.39 is 0 Å². The molecule has 3 rings (SSSR count). The summed E-state index contributed by atoms with van der Waals surface area (Å²) >= 11 is 0. The second-order valence-electron chi connectivity index (χ2n) is 3.86. The van der Waals surface area contributed by atoms with Crippen LogP contribution in [0.3, 0.4) is 0 Å². The van der Waals surface area contributed by atoms with Gasteiger partial charge in [0.15, 0.2) is 0 Å². The standard InChI is InChI=1S/C9H18N2O/c12-7-1-2-9-8-10-3-5-11(9)6-4-10/h9,12H,1-8H2. The van der Waals surface area contributed by atoms with Crippen LogP contribution < -0.4 is 0 Å². The van der Waals surface area contributed by atoms with Crippen LogP contribution >= 0.6 is 0 Å². The van der Waals surface area contributed by atoms with Gasteiger partial charge in [-0.1, -0.05) is 0 Å². The van der Waals surface area contributed by atoms with Gasteiger partial charge < -0.3 is 5.11 Å². The highest BCUT2D eigenvalue weighted by Gasteiger charge is 2.30. The monoisotopic (exact) mass is 170 g/mol. The first-order valence-corrected chi connectivity index (χ1v) is 4.97. The molecule has 0 spiro atoms. The largest absolute Gasteiger partial charge is 0.396 e. The third kappa shape index (κ3) is 1.63. The number of piperazine rings is 3. The lowest BCUT2D eigenvalue weighted by Gasteiger charge is -2.47. The van der Waals surface area contributed by atoms with Crippen LogP contribution in [0.5, 0.6) is 0 Å². The van der Waals surface area contributed by atoms with Crippen molar-refractivity contribution in [3.05, 3.63) is 0 Å². The van der Waals surface area contributed by atoms with E-state index >= 15 is 0 Å². The Morgan fingerprint density at radius 3 is 2.42 bits per heavy atom. The average Bonchev–Trinajstić information content (AvgIpc) is 2.17. The molecule has 1 unspecified atom stereocenters. The number of hydrogen-bond donors (Lipinski definition) is 1. The molecule has 70 valence electrons. The maximum absolute atomic E-state index is 8.73. The molecule has 0 saturated carbocycles. The Morgan fingerprint density at radius 2 is 1.92 bits per heavy atom. The predicted molar refractivity (Wildman–Crippen MR) is 48.1 cm³/mol. The molecule has 3 fully saturated rings. The van der Waals surface area contributed by atoms with Gasteiger partial charge in [-0.15, -0.1) is 0 Å². The van der Waals surface area contributed by atoms with Crippen LogP contribution in [0.2, 0.25) is 0 Å². The van der Waals surface area contributed by atoms with Crippen molar-refractivity contribution in [2.24, 2.45) is 0 Å². The Kier molecular flexibility index (Phi) is 2.63. The van der Waals surface area contributed by atoms with E-state index in [9.17, 15) is 0 Å². The topological polar surface area (TPSA) is 26.7 Å². The third-order valence-electron chi connectivity index (χ3n) is 3.09. The second kappa shape index (κ2) is 3.73. The van der Waals surface area contributed by atoms with Gasteiger partial charge in [0, 0.05) is 45.4 Å². The quantitative estimate of drug-likeness (QED) is 0.633. The summed E-state index contributed by atoms with van der Waals surface area (Å²) in [4.78, 5) is 5.12. The van der Waals surface area contributed by atoms with Crippen LogP contribution in [0.25, 0.3) is 0 Å². The van der Waals surface area contributed by atoms with Gasteiger partial charge in [0.25, 0.3) is 0 Å². The van der Waals surface area contributed by atoms with Crippen LogP contribution in [0, 0.1) is 0 Å². The first-order chi connectivity index (χ1) is 5.90. The third-order valence-corrected chi connectivity index (χ3v) is 3.09. The molecule has 3 saturated heterocycles. The van der Waals surface area contributed by atoms with E-state index in [1.165, 1.54) is 39.1 Å². The molecule has 1 N–H and O–H groups in total. The van der Waals surface area contributed by atoms with Crippen molar-refractivity contribution in [2.75, 3.05) is 39.3 Å². The van der Waals surface area contributed by atoms with Crippen molar-refractivity contribution >= 4 is 0 Å². The lowest BCUT2D eigenvalue weighted by Crippen LogP contribution is -2.60. The van der Waals surface area contributed by atoms with E-state index in [1.54, 1.807) is 0 Å². The van der Waals surface area contributed by atoms with Crippen LogP contribution in [-0.2, 0) is 0 Å². The highest BCUT2D eigenvalue weighted by atomic mass is 16.2. The lowest BCUT2D eigenvalue weighted by atomic mass is 10.0. The molecule has 3 heteroatoms. The first kappa shape index (κ1) is 8.48. The highest BCUT2D eigenvalue weighted by molar-refractivity contribution is 4.87. The van der Waals surface area contributed by atoms with Gasteiger partial charge in [0.2, 0.25) is 0 Å². The Balaban J connectivity index is 1.82. The molecule has 0 aliphatic carbocycles. The summed E-state index contributed by atoms with van der Waals surface area (Å²) in [5.41, 5.74) is 0. The number of nitrogens with zero attached hydrogens (tertiary/aromatic N) is 2. The van der Waals surface area contributed by atoms with Crippen molar-refractivity contribution in [2.45, 2.75) is 18.9 Å². The van der Waals surface area contributed by atoms with Gasteiger partial charge >= 0.3 is 0 Å². The van der Waals surface area contributed by atoms with Gasteiger partial charge in [-0.25, -0.2) is 0 Å². The fourth-order valence-corrected chi connectivity index (χ4v) is 2.33. The Morgan fingerprint density at radius 1 is 1.17 bits per heavy atom. The Labute approximate surface area is 74.0 Å². The normalized spacial score (nSPS) is 40.2. The number of aliphatic hydroxyl groups excluding tert-OH is 1. The minimum absolute atomic E-state index is 0.352. The molecule has 0 aromatic rings. The van der Waals surface area contributed by atoms with Gasteiger partial charge in [-0.2, -0.15) is 0 Å². The summed E-state index contributed by atoms with van der Waals surface area (Å²) in [7, 11) is 0. The molecule has 0 aromatic heterocycles. The van der Waals surface area contributed by atoms with Gasteiger partial charge in [0.05, 0.1) is 0 Å². The van der Waals surface area contributed by atoms with E-state index in [1.807, 2.05) is 0 Å². The van der Waals surface area contributed by atoms with Gasteiger partial charge in [-0.05, 0) is 12.8 Å². The predicted octanol–water partition coefficient (Wildman–Crippen LogP) is -0.241. The molecular weight excluding hydrogens is 152 g/mol. The molecule has 3 aliphatic heterocycles. The van der Waals surface area contributed by atoms with Crippen molar-refractivity contribution in [1.82, 2.24) is 9.80 Å². The average molecular weight is 170 g/mol. The van der Waals surface area contributed by atoms with Crippen molar-refractivity contribution in [3.8, 4) is 0 Å². The lowest BCUT2D eigenvalue weighted by molar-refractivity contribution is 0.00746. The minimum atomic E-state index is 0.352. The number of fused-ring (bicyclic) bond motifs is 3. The molecule has 0 radical (unpaired) electrons. The van der Waals surface area contributed by atoms with E-state index in [0.29, 0.717) is 6.61 Å². The fourth-order valence-electron chi connectivity index (χ4n) is 2.33. The first-order valence-electron chi connectivity index (χ1n) is 4.97. The zero-order valence-corrected chi connectivity index (χ0v) is 7.58. The maximum Gasteiger partial charge on any atom is 0.0431 e.